The van der Waals surface area contributed by atoms with Crippen molar-refractivity contribution in [3.63, 3.8) is 0 Å². The Morgan fingerprint density at radius 1 is 1.28 bits per heavy atom. The molecule has 0 spiro atoms. The molecule has 0 saturated carbocycles. The summed E-state index contributed by atoms with van der Waals surface area (Å²) in [6.07, 6.45) is 2.41. The van der Waals surface area contributed by atoms with Crippen LogP contribution in [-0.2, 0) is 9.84 Å². The van der Waals surface area contributed by atoms with Crippen LogP contribution < -0.4 is 5.32 Å². The van der Waals surface area contributed by atoms with Gasteiger partial charge in [0, 0.05) is 11.9 Å². The van der Waals surface area contributed by atoms with Gasteiger partial charge < -0.3 is 5.32 Å². The van der Waals surface area contributed by atoms with E-state index < -0.39 is 9.84 Å². The van der Waals surface area contributed by atoms with Crippen LogP contribution in [0.15, 0.2) is 35.5 Å². The summed E-state index contributed by atoms with van der Waals surface area (Å²) < 4.78 is 22.8. The Labute approximate surface area is 109 Å². The van der Waals surface area contributed by atoms with Crippen LogP contribution in [0.5, 0.6) is 0 Å². The molecule has 0 aliphatic carbocycles. The van der Waals surface area contributed by atoms with Gasteiger partial charge in [-0.1, -0.05) is 6.07 Å². The largest absolute Gasteiger partial charge is 0.324 e. The summed E-state index contributed by atoms with van der Waals surface area (Å²) >= 11 is 5.62. The van der Waals surface area contributed by atoms with Crippen molar-refractivity contribution in [2.75, 3.05) is 11.6 Å². The Kier molecular flexibility index (Phi) is 3.44. The molecule has 18 heavy (non-hydrogen) atoms. The van der Waals surface area contributed by atoms with E-state index in [9.17, 15) is 8.42 Å². The molecule has 0 unspecified atom stereocenters. The number of hydrogen-bond donors (Lipinski definition) is 1. The summed E-state index contributed by atoms with van der Waals surface area (Å²) in [5.74, 6) is 0.251. The first-order chi connectivity index (χ1) is 8.45. The predicted octanol–water partition coefficient (Wildman–Crippen LogP) is 1.67. The Bertz CT molecular complexity index is 675. The molecule has 94 valence electrons. The minimum Gasteiger partial charge on any atom is -0.324 e. The van der Waals surface area contributed by atoms with Crippen LogP contribution in [0.25, 0.3) is 0 Å². The lowest BCUT2D eigenvalue weighted by Gasteiger charge is -2.05. The van der Waals surface area contributed by atoms with Crippen molar-refractivity contribution in [2.45, 2.75) is 4.90 Å². The summed E-state index contributed by atoms with van der Waals surface area (Å²) in [6.45, 7) is 0. The molecule has 8 heteroatoms. The smallest absolute Gasteiger partial charge is 0.231 e. The van der Waals surface area contributed by atoms with E-state index in [-0.39, 0.29) is 16.1 Å². The summed E-state index contributed by atoms with van der Waals surface area (Å²) in [5.41, 5.74) is 0.556. The number of benzene rings is 1. The van der Waals surface area contributed by atoms with Crippen LogP contribution in [0.2, 0.25) is 5.28 Å². The molecule has 2 aromatic rings. The topological polar surface area (TPSA) is 84.8 Å². The second-order valence-corrected chi connectivity index (χ2v) is 5.86. The van der Waals surface area contributed by atoms with Crippen molar-refractivity contribution in [3.05, 3.63) is 35.9 Å². The lowest BCUT2D eigenvalue weighted by molar-refractivity contribution is 0.602. The average molecular weight is 285 g/mol. The number of aromatic nitrogens is 3. The summed E-state index contributed by atoms with van der Waals surface area (Å²) in [4.78, 5) is 11.6. The maximum absolute atomic E-state index is 11.4. The Hall–Kier alpha value is -1.73. The van der Waals surface area contributed by atoms with Gasteiger partial charge in [-0.05, 0) is 29.8 Å². The number of anilines is 2. The van der Waals surface area contributed by atoms with Gasteiger partial charge in [0.05, 0.1) is 4.90 Å². The minimum absolute atomic E-state index is 0.0618. The van der Waals surface area contributed by atoms with Gasteiger partial charge in [0.15, 0.2) is 9.84 Å². The third kappa shape index (κ3) is 3.14. The van der Waals surface area contributed by atoms with E-state index in [1.54, 1.807) is 12.1 Å². The fourth-order valence-electron chi connectivity index (χ4n) is 1.27. The highest BCUT2D eigenvalue weighted by atomic mass is 35.5. The highest BCUT2D eigenvalue weighted by molar-refractivity contribution is 7.90. The molecule has 0 saturated heterocycles. The van der Waals surface area contributed by atoms with Gasteiger partial charge in [0.2, 0.25) is 11.2 Å². The van der Waals surface area contributed by atoms with Crippen molar-refractivity contribution >= 4 is 33.1 Å². The van der Waals surface area contributed by atoms with E-state index in [1.165, 1.54) is 18.5 Å². The summed E-state index contributed by atoms with van der Waals surface area (Å²) in [5, 5.41) is 2.91. The van der Waals surface area contributed by atoms with Gasteiger partial charge >= 0.3 is 0 Å². The minimum atomic E-state index is -3.24. The van der Waals surface area contributed by atoms with Gasteiger partial charge in [0.1, 0.15) is 6.33 Å². The second-order valence-electron chi connectivity index (χ2n) is 3.50. The third-order valence-corrected chi connectivity index (χ3v) is 3.35. The Morgan fingerprint density at radius 2 is 2.06 bits per heavy atom. The number of sulfone groups is 1. The molecule has 0 aliphatic heterocycles. The SMILES string of the molecule is CS(=O)(=O)c1cccc(Nc2ncnc(Cl)n2)c1. The molecule has 0 fully saturated rings. The van der Waals surface area contributed by atoms with Gasteiger partial charge in [0.25, 0.3) is 0 Å². The maximum Gasteiger partial charge on any atom is 0.231 e. The molecule has 1 aromatic carbocycles. The first-order valence-electron chi connectivity index (χ1n) is 4.87. The van der Waals surface area contributed by atoms with E-state index in [4.69, 9.17) is 11.6 Å². The molecule has 2 rings (SSSR count). The van der Waals surface area contributed by atoms with Crippen molar-refractivity contribution in [2.24, 2.45) is 0 Å². The van der Waals surface area contributed by atoms with Crippen LogP contribution in [0.4, 0.5) is 11.6 Å². The van der Waals surface area contributed by atoms with Crippen LogP contribution in [-0.4, -0.2) is 29.6 Å². The van der Waals surface area contributed by atoms with Crippen LogP contribution in [0, 0.1) is 0 Å². The van der Waals surface area contributed by atoms with Crippen molar-refractivity contribution in [1.82, 2.24) is 15.0 Å². The fourth-order valence-corrected chi connectivity index (χ4v) is 2.06. The van der Waals surface area contributed by atoms with Crippen molar-refractivity contribution < 1.29 is 8.42 Å². The van der Waals surface area contributed by atoms with Gasteiger partial charge in [-0.15, -0.1) is 0 Å². The van der Waals surface area contributed by atoms with Gasteiger partial charge in [-0.25, -0.2) is 18.4 Å². The lowest BCUT2D eigenvalue weighted by Crippen LogP contribution is -2.01. The maximum atomic E-state index is 11.4. The monoisotopic (exact) mass is 284 g/mol. The fraction of sp³-hybridized carbons (Fsp3) is 0.100. The van der Waals surface area contributed by atoms with Crippen molar-refractivity contribution in [1.29, 1.82) is 0 Å². The standard InChI is InChI=1S/C10H9ClN4O2S/c1-18(16,17)8-4-2-3-7(5-8)14-10-13-6-12-9(11)15-10/h2-6H,1H3,(H,12,13,14,15). The normalized spacial score (nSPS) is 11.2. The molecule has 1 heterocycles. The Morgan fingerprint density at radius 3 is 2.72 bits per heavy atom. The summed E-state index contributed by atoms with van der Waals surface area (Å²) in [7, 11) is -3.24. The molecule has 0 amide bonds. The zero-order chi connectivity index (χ0) is 13.2. The van der Waals surface area contributed by atoms with Gasteiger partial charge in [-0.2, -0.15) is 4.98 Å². The average Bonchev–Trinajstić information content (AvgIpc) is 2.28. The molecule has 0 bridgehead atoms. The highest BCUT2D eigenvalue weighted by Crippen LogP contribution is 2.18. The van der Waals surface area contributed by atoms with E-state index in [0.29, 0.717) is 5.69 Å². The third-order valence-electron chi connectivity index (χ3n) is 2.06. The molecular formula is C10H9ClN4O2S. The number of halogens is 1. The van der Waals surface area contributed by atoms with Crippen LogP contribution >= 0.6 is 11.6 Å². The molecule has 0 radical (unpaired) electrons. The number of nitrogens with one attached hydrogen (secondary N) is 1. The number of nitrogens with zero attached hydrogens (tertiary/aromatic N) is 3. The van der Waals surface area contributed by atoms with Crippen LogP contribution in [0.1, 0.15) is 0 Å². The van der Waals surface area contributed by atoms with E-state index in [0.717, 1.165) is 6.26 Å². The van der Waals surface area contributed by atoms with E-state index in [2.05, 4.69) is 20.3 Å². The van der Waals surface area contributed by atoms with Gasteiger partial charge in [-0.3, -0.25) is 0 Å². The van der Waals surface area contributed by atoms with Crippen LogP contribution in [0.3, 0.4) is 0 Å². The van der Waals surface area contributed by atoms with E-state index in [1.807, 2.05) is 0 Å². The Balaban J connectivity index is 2.30. The quantitative estimate of drug-likeness (QED) is 0.923. The van der Waals surface area contributed by atoms with E-state index >= 15 is 0 Å². The highest BCUT2D eigenvalue weighted by Gasteiger charge is 2.08. The number of rotatable bonds is 3. The molecule has 0 atom stereocenters. The second kappa shape index (κ2) is 4.87. The first-order valence-corrected chi connectivity index (χ1v) is 7.14. The molecule has 1 N–H and O–H groups in total. The predicted molar refractivity (Wildman–Crippen MR) is 67.7 cm³/mol. The molecule has 0 aliphatic rings. The molecular weight excluding hydrogens is 276 g/mol. The lowest BCUT2D eigenvalue weighted by atomic mass is 10.3. The van der Waals surface area contributed by atoms with Crippen molar-refractivity contribution in [3.8, 4) is 0 Å². The zero-order valence-corrected chi connectivity index (χ0v) is 10.9. The number of hydrogen-bond acceptors (Lipinski definition) is 6. The summed E-state index contributed by atoms with van der Waals surface area (Å²) in [6, 6.07) is 6.34. The first kappa shape index (κ1) is 12.7. The molecule has 1 aromatic heterocycles. The molecule has 6 nitrogen and oxygen atoms in total. The zero-order valence-electron chi connectivity index (χ0n) is 9.33.